The molecule has 0 saturated carbocycles. The Bertz CT molecular complexity index is 601. The number of hydrogen-bond acceptors (Lipinski definition) is 1. The molecule has 0 aliphatic carbocycles. The van der Waals surface area contributed by atoms with Gasteiger partial charge < -0.3 is 5.32 Å². The molecule has 0 aromatic heterocycles. The first-order chi connectivity index (χ1) is 10.7. The maximum atomic E-state index is 11.3. The summed E-state index contributed by atoms with van der Waals surface area (Å²) in [6, 6.07) is 17.2. The molecule has 2 nitrogen and oxygen atoms in total. The first-order valence-corrected chi connectivity index (χ1v) is 8.01. The van der Waals surface area contributed by atoms with Crippen LogP contribution in [0.5, 0.6) is 0 Å². The van der Waals surface area contributed by atoms with Crippen molar-refractivity contribution in [3.63, 3.8) is 0 Å². The van der Waals surface area contributed by atoms with Crippen LogP contribution in [0.1, 0.15) is 35.1 Å². The molecule has 0 unspecified atom stereocenters. The predicted molar refractivity (Wildman–Crippen MR) is 92.0 cm³/mol. The Morgan fingerprint density at radius 1 is 0.909 bits per heavy atom. The number of rotatable bonds is 7. The number of carbonyl (C=O) groups excluding carboxylic acids is 1. The molecule has 2 aromatic carbocycles. The molecule has 0 saturated heterocycles. The molecule has 0 aliphatic rings. The van der Waals surface area contributed by atoms with Crippen molar-refractivity contribution in [2.24, 2.45) is 0 Å². The molecule has 22 heavy (non-hydrogen) atoms. The van der Waals surface area contributed by atoms with Crippen LogP contribution < -0.4 is 5.32 Å². The van der Waals surface area contributed by atoms with Crippen molar-refractivity contribution in [1.29, 1.82) is 0 Å². The Hall–Kier alpha value is -2.09. The van der Waals surface area contributed by atoms with Crippen molar-refractivity contribution in [2.45, 2.75) is 39.0 Å². The molecule has 2 rings (SSSR count). The Labute approximate surface area is 133 Å². The van der Waals surface area contributed by atoms with Gasteiger partial charge in [-0.3, -0.25) is 4.79 Å². The van der Waals surface area contributed by atoms with Gasteiger partial charge in [-0.15, -0.1) is 0 Å². The summed E-state index contributed by atoms with van der Waals surface area (Å²) in [7, 11) is 1.67. The van der Waals surface area contributed by atoms with E-state index < -0.39 is 0 Å². The Morgan fingerprint density at radius 2 is 1.55 bits per heavy atom. The maximum absolute atomic E-state index is 11.3. The van der Waals surface area contributed by atoms with Gasteiger partial charge in [0.05, 0.1) is 6.42 Å². The van der Waals surface area contributed by atoms with Crippen molar-refractivity contribution in [2.75, 3.05) is 7.05 Å². The maximum Gasteiger partial charge on any atom is 0.224 e. The van der Waals surface area contributed by atoms with Crippen molar-refractivity contribution >= 4 is 5.91 Å². The van der Waals surface area contributed by atoms with Gasteiger partial charge in [0.25, 0.3) is 0 Å². The van der Waals surface area contributed by atoms with Gasteiger partial charge >= 0.3 is 0 Å². The van der Waals surface area contributed by atoms with E-state index in [0.29, 0.717) is 6.42 Å². The number of likely N-dealkylation sites (N-methyl/N-ethyl adjacent to an activating group) is 1. The molecular formula is C20H25NO. The summed E-state index contributed by atoms with van der Waals surface area (Å²) in [5.74, 6) is 0.0610. The van der Waals surface area contributed by atoms with Gasteiger partial charge in [-0.1, -0.05) is 54.1 Å². The van der Waals surface area contributed by atoms with Crippen LogP contribution in [0.25, 0.3) is 0 Å². The fraction of sp³-hybridized carbons (Fsp3) is 0.350. The van der Waals surface area contributed by atoms with Gasteiger partial charge in [-0.25, -0.2) is 0 Å². The second-order valence-corrected chi connectivity index (χ2v) is 5.86. The van der Waals surface area contributed by atoms with Crippen molar-refractivity contribution in [3.05, 3.63) is 70.8 Å². The fourth-order valence-corrected chi connectivity index (χ4v) is 2.62. The van der Waals surface area contributed by atoms with E-state index in [1.165, 1.54) is 29.5 Å². The number of amides is 1. The van der Waals surface area contributed by atoms with Crippen LogP contribution in [0.15, 0.2) is 48.5 Å². The summed E-state index contributed by atoms with van der Waals surface area (Å²) in [6.07, 6.45) is 5.12. The minimum absolute atomic E-state index is 0.0610. The normalized spacial score (nSPS) is 10.5. The van der Waals surface area contributed by atoms with Crippen molar-refractivity contribution in [1.82, 2.24) is 5.32 Å². The molecule has 0 bridgehead atoms. The highest BCUT2D eigenvalue weighted by molar-refractivity contribution is 5.78. The summed E-state index contributed by atoms with van der Waals surface area (Å²) in [6.45, 7) is 2.14. The number of unbranched alkanes of at least 4 members (excludes halogenated alkanes) is 1. The van der Waals surface area contributed by atoms with Crippen LogP contribution in [0, 0.1) is 6.92 Å². The quantitative estimate of drug-likeness (QED) is 0.772. The third-order valence-corrected chi connectivity index (χ3v) is 3.93. The minimum atomic E-state index is 0.0610. The molecule has 0 spiro atoms. The second-order valence-electron chi connectivity index (χ2n) is 5.86. The van der Waals surface area contributed by atoms with E-state index in [-0.39, 0.29) is 5.91 Å². The smallest absolute Gasteiger partial charge is 0.224 e. The van der Waals surface area contributed by atoms with Crippen LogP contribution >= 0.6 is 0 Å². The SMILES string of the molecule is CNC(=O)Cc1ccc(CCCCc2cccc(C)c2)cc1. The van der Waals surface area contributed by atoms with Gasteiger partial charge in [0.1, 0.15) is 0 Å². The minimum Gasteiger partial charge on any atom is -0.359 e. The molecule has 2 aromatic rings. The van der Waals surface area contributed by atoms with Crippen molar-refractivity contribution in [3.8, 4) is 0 Å². The summed E-state index contributed by atoms with van der Waals surface area (Å²) in [5, 5.41) is 2.65. The summed E-state index contributed by atoms with van der Waals surface area (Å²) in [4.78, 5) is 11.3. The molecule has 1 N–H and O–H groups in total. The molecule has 1 amide bonds. The van der Waals surface area contributed by atoms with Gasteiger partial charge in [0.15, 0.2) is 0 Å². The summed E-state index contributed by atoms with van der Waals surface area (Å²) in [5.41, 5.74) is 5.19. The zero-order valence-electron chi connectivity index (χ0n) is 13.6. The molecule has 0 heterocycles. The van der Waals surface area contributed by atoms with E-state index in [9.17, 15) is 4.79 Å². The highest BCUT2D eigenvalue weighted by Gasteiger charge is 2.01. The van der Waals surface area contributed by atoms with Gasteiger partial charge in [-0.05, 0) is 49.3 Å². The first kappa shape index (κ1) is 16.3. The molecule has 0 radical (unpaired) electrons. The lowest BCUT2D eigenvalue weighted by molar-refractivity contribution is -0.119. The Morgan fingerprint density at radius 3 is 2.18 bits per heavy atom. The molecular weight excluding hydrogens is 270 g/mol. The third kappa shape index (κ3) is 5.36. The predicted octanol–water partition coefficient (Wildman–Crippen LogP) is 3.85. The van der Waals surface area contributed by atoms with E-state index >= 15 is 0 Å². The molecule has 0 aliphatic heterocycles. The van der Waals surface area contributed by atoms with Crippen LogP contribution in [0.2, 0.25) is 0 Å². The molecule has 0 fully saturated rings. The average Bonchev–Trinajstić information content (AvgIpc) is 2.53. The number of aryl methyl sites for hydroxylation is 3. The Kier molecular flexibility index (Phi) is 6.20. The topological polar surface area (TPSA) is 29.1 Å². The zero-order valence-corrected chi connectivity index (χ0v) is 13.6. The van der Waals surface area contributed by atoms with Gasteiger partial charge in [0, 0.05) is 7.05 Å². The number of hydrogen-bond donors (Lipinski definition) is 1. The van der Waals surface area contributed by atoms with Crippen molar-refractivity contribution < 1.29 is 4.79 Å². The second kappa shape index (κ2) is 8.38. The highest BCUT2D eigenvalue weighted by Crippen LogP contribution is 2.12. The largest absolute Gasteiger partial charge is 0.359 e. The van der Waals surface area contributed by atoms with E-state index in [1.54, 1.807) is 7.05 Å². The van der Waals surface area contributed by atoms with Crippen LogP contribution in [-0.2, 0) is 24.1 Å². The highest BCUT2D eigenvalue weighted by atomic mass is 16.1. The number of nitrogens with one attached hydrogen (secondary N) is 1. The van der Waals surface area contributed by atoms with E-state index in [4.69, 9.17) is 0 Å². The lowest BCUT2D eigenvalue weighted by Crippen LogP contribution is -2.19. The zero-order chi connectivity index (χ0) is 15.8. The molecule has 2 heteroatoms. The monoisotopic (exact) mass is 295 g/mol. The van der Waals surface area contributed by atoms with Gasteiger partial charge in [0.2, 0.25) is 5.91 Å². The van der Waals surface area contributed by atoms with Gasteiger partial charge in [-0.2, -0.15) is 0 Å². The number of benzene rings is 2. The van der Waals surface area contributed by atoms with Crippen LogP contribution in [-0.4, -0.2) is 13.0 Å². The average molecular weight is 295 g/mol. The standard InChI is InChI=1S/C20H25NO/c1-16-6-5-9-18(14-16)8-4-3-7-17-10-12-19(13-11-17)15-20(22)21-2/h5-6,9-14H,3-4,7-8,15H2,1-2H3,(H,21,22). The van der Waals surface area contributed by atoms with E-state index in [2.05, 4.69) is 60.8 Å². The molecule has 0 atom stereocenters. The van der Waals surface area contributed by atoms with Crippen LogP contribution in [0.3, 0.4) is 0 Å². The first-order valence-electron chi connectivity index (χ1n) is 8.01. The summed E-state index contributed by atoms with van der Waals surface area (Å²) < 4.78 is 0. The fourth-order valence-electron chi connectivity index (χ4n) is 2.62. The van der Waals surface area contributed by atoms with E-state index in [1.807, 2.05) is 0 Å². The lowest BCUT2D eigenvalue weighted by Gasteiger charge is -2.05. The van der Waals surface area contributed by atoms with E-state index in [0.717, 1.165) is 18.4 Å². The Balaban J connectivity index is 1.74. The lowest BCUT2D eigenvalue weighted by atomic mass is 10.0. The third-order valence-electron chi connectivity index (χ3n) is 3.93. The summed E-state index contributed by atoms with van der Waals surface area (Å²) >= 11 is 0. The molecule has 116 valence electrons. The van der Waals surface area contributed by atoms with Crippen LogP contribution in [0.4, 0.5) is 0 Å². The number of carbonyl (C=O) groups is 1.